The first kappa shape index (κ1) is 18.3. The molecule has 138 valence electrons. The predicted octanol–water partition coefficient (Wildman–Crippen LogP) is 3.73. The van der Waals surface area contributed by atoms with Crippen LogP contribution in [0.2, 0.25) is 0 Å². The van der Waals surface area contributed by atoms with Gasteiger partial charge in [0, 0.05) is 12.1 Å². The fourth-order valence-corrected chi connectivity index (χ4v) is 3.75. The van der Waals surface area contributed by atoms with Crippen molar-refractivity contribution in [1.82, 2.24) is 4.90 Å². The number of carboxylic acid groups (broad SMARTS) is 1. The number of carbonyl (C=O) groups is 1. The van der Waals surface area contributed by atoms with E-state index in [4.69, 9.17) is 9.47 Å². The van der Waals surface area contributed by atoms with Crippen LogP contribution >= 0.6 is 0 Å². The molecule has 1 saturated heterocycles. The van der Waals surface area contributed by atoms with E-state index in [1.165, 1.54) is 0 Å². The molecule has 1 aliphatic heterocycles. The van der Waals surface area contributed by atoms with E-state index in [2.05, 4.69) is 4.90 Å². The van der Waals surface area contributed by atoms with Crippen LogP contribution in [0, 0.1) is 0 Å². The van der Waals surface area contributed by atoms with Crippen molar-refractivity contribution in [2.45, 2.75) is 31.8 Å². The Morgan fingerprint density at radius 3 is 2.81 bits per heavy atom. The van der Waals surface area contributed by atoms with Crippen molar-refractivity contribution in [2.75, 3.05) is 20.3 Å². The van der Waals surface area contributed by atoms with E-state index in [1.54, 1.807) is 7.11 Å². The molecule has 0 radical (unpaired) electrons. The Morgan fingerprint density at radius 1 is 1.27 bits per heavy atom. The van der Waals surface area contributed by atoms with Gasteiger partial charge in [0.05, 0.1) is 19.8 Å². The highest BCUT2D eigenvalue weighted by Gasteiger charge is 2.37. The molecule has 1 N–H and O–H groups in total. The average Bonchev–Trinajstić information content (AvgIpc) is 3.13. The van der Waals surface area contributed by atoms with Crippen LogP contribution in [-0.2, 0) is 4.79 Å². The number of benzene rings is 2. The van der Waals surface area contributed by atoms with Gasteiger partial charge in [-0.05, 0) is 43.5 Å². The molecular weight excluding hydrogens is 330 g/mol. The number of likely N-dealkylation sites (tertiary alicyclic amines) is 1. The standard InChI is InChI=1S/C21H25NO4/c1-3-26-16-9-6-8-15(14-16)20(17-10-4-5-12-19(17)25-2)22-13-7-11-18(22)21(23)24/h4-6,8-10,12,14,18,20H,3,7,11,13H2,1-2H3,(H,23,24). The maximum Gasteiger partial charge on any atom is 0.320 e. The molecule has 2 atom stereocenters. The summed E-state index contributed by atoms with van der Waals surface area (Å²) in [6.45, 7) is 3.27. The number of hydrogen-bond acceptors (Lipinski definition) is 4. The molecule has 2 aromatic rings. The number of nitrogens with zero attached hydrogens (tertiary/aromatic N) is 1. The zero-order chi connectivity index (χ0) is 18.5. The predicted molar refractivity (Wildman–Crippen MR) is 99.8 cm³/mol. The van der Waals surface area contributed by atoms with Gasteiger partial charge >= 0.3 is 5.97 Å². The van der Waals surface area contributed by atoms with Gasteiger partial charge in [-0.25, -0.2) is 0 Å². The average molecular weight is 355 g/mol. The number of rotatable bonds is 7. The highest BCUT2D eigenvalue weighted by molar-refractivity contribution is 5.74. The molecule has 0 aliphatic carbocycles. The van der Waals surface area contributed by atoms with Gasteiger partial charge in [-0.15, -0.1) is 0 Å². The molecule has 26 heavy (non-hydrogen) atoms. The van der Waals surface area contributed by atoms with Gasteiger partial charge < -0.3 is 14.6 Å². The lowest BCUT2D eigenvalue weighted by molar-refractivity contribution is -0.142. The fraction of sp³-hybridized carbons (Fsp3) is 0.381. The van der Waals surface area contributed by atoms with E-state index in [1.807, 2.05) is 55.5 Å². The van der Waals surface area contributed by atoms with E-state index in [9.17, 15) is 9.90 Å². The maximum absolute atomic E-state index is 11.8. The number of methoxy groups -OCH3 is 1. The van der Waals surface area contributed by atoms with Crippen LogP contribution in [0.15, 0.2) is 48.5 Å². The van der Waals surface area contributed by atoms with E-state index in [0.29, 0.717) is 13.0 Å². The van der Waals surface area contributed by atoms with Crippen molar-refractivity contribution < 1.29 is 19.4 Å². The minimum absolute atomic E-state index is 0.199. The summed E-state index contributed by atoms with van der Waals surface area (Å²) in [6, 6.07) is 15.0. The number of carboxylic acids is 1. The Morgan fingerprint density at radius 2 is 2.08 bits per heavy atom. The molecule has 0 saturated carbocycles. The first-order valence-electron chi connectivity index (χ1n) is 9.00. The van der Waals surface area contributed by atoms with E-state index >= 15 is 0 Å². The first-order chi connectivity index (χ1) is 12.7. The van der Waals surface area contributed by atoms with Crippen LogP contribution in [0.5, 0.6) is 11.5 Å². The second kappa shape index (κ2) is 8.23. The van der Waals surface area contributed by atoms with Crippen molar-refractivity contribution in [3.05, 3.63) is 59.7 Å². The third-order valence-corrected chi connectivity index (χ3v) is 4.83. The highest BCUT2D eigenvalue weighted by Crippen LogP contribution is 2.39. The molecule has 0 spiro atoms. The van der Waals surface area contributed by atoms with Crippen LogP contribution in [-0.4, -0.2) is 42.3 Å². The monoisotopic (exact) mass is 355 g/mol. The third kappa shape index (κ3) is 3.68. The van der Waals surface area contributed by atoms with Crippen LogP contribution in [0.25, 0.3) is 0 Å². The second-order valence-electron chi connectivity index (χ2n) is 6.38. The number of hydrogen-bond donors (Lipinski definition) is 1. The number of ether oxygens (including phenoxy) is 2. The third-order valence-electron chi connectivity index (χ3n) is 4.83. The molecule has 2 unspecified atom stereocenters. The molecule has 1 aliphatic rings. The van der Waals surface area contributed by atoms with Crippen molar-refractivity contribution in [3.63, 3.8) is 0 Å². The molecule has 1 heterocycles. The van der Waals surface area contributed by atoms with E-state index < -0.39 is 12.0 Å². The van der Waals surface area contributed by atoms with E-state index in [-0.39, 0.29) is 6.04 Å². The lowest BCUT2D eigenvalue weighted by atomic mass is 9.95. The van der Waals surface area contributed by atoms with Gasteiger partial charge in [0.1, 0.15) is 17.5 Å². The SMILES string of the molecule is CCOc1cccc(C(c2ccccc2OC)N2CCCC2C(=O)O)c1. The maximum atomic E-state index is 11.8. The summed E-state index contributed by atoms with van der Waals surface area (Å²) in [4.78, 5) is 13.9. The molecule has 3 rings (SSSR count). The summed E-state index contributed by atoms with van der Waals surface area (Å²) in [7, 11) is 1.64. The van der Waals surface area contributed by atoms with Crippen LogP contribution in [0.3, 0.4) is 0 Å². The lowest BCUT2D eigenvalue weighted by Gasteiger charge is -2.33. The summed E-state index contributed by atoms with van der Waals surface area (Å²) >= 11 is 0. The summed E-state index contributed by atoms with van der Waals surface area (Å²) in [6.07, 6.45) is 1.53. The van der Waals surface area contributed by atoms with Gasteiger partial charge in [0.25, 0.3) is 0 Å². The van der Waals surface area contributed by atoms with Crippen molar-refractivity contribution in [2.24, 2.45) is 0 Å². The minimum atomic E-state index is -0.775. The van der Waals surface area contributed by atoms with Gasteiger partial charge in [-0.2, -0.15) is 0 Å². The minimum Gasteiger partial charge on any atom is -0.496 e. The molecular formula is C21H25NO4. The molecule has 0 aromatic heterocycles. The summed E-state index contributed by atoms with van der Waals surface area (Å²) in [5, 5.41) is 9.69. The number of aliphatic carboxylic acids is 1. The Balaban J connectivity index is 2.10. The Bertz CT molecular complexity index is 761. The zero-order valence-electron chi connectivity index (χ0n) is 15.2. The van der Waals surface area contributed by atoms with Crippen LogP contribution in [0.4, 0.5) is 0 Å². The van der Waals surface area contributed by atoms with Crippen LogP contribution in [0.1, 0.15) is 36.9 Å². The first-order valence-corrected chi connectivity index (χ1v) is 9.00. The number of para-hydroxylation sites is 1. The smallest absolute Gasteiger partial charge is 0.320 e. The van der Waals surface area contributed by atoms with Crippen molar-refractivity contribution in [3.8, 4) is 11.5 Å². The summed E-state index contributed by atoms with van der Waals surface area (Å²) in [5.41, 5.74) is 1.98. The van der Waals surface area contributed by atoms with Crippen molar-refractivity contribution >= 4 is 5.97 Å². The Labute approximate surface area is 154 Å². The quantitative estimate of drug-likeness (QED) is 0.820. The van der Waals surface area contributed by atoms with Gasteiger partial charge in [-0.1, -0.05) is 30.3 Å². The lowest BCUT2D eigenvalue weighted by Crippen LogP contribution is -2.39. The molecule has 5 nitrogen and oxygen atoms in total. The van der Waals surface area contributed by atoms with E-state index in [0.717, 1.165) is 35.6 Å². The van der Waals surface area contributed by atoms with Gasteiger partial charge in [0.2, 0.25) is 0 Å². The molecule has 0 amide bonds. The largest absolute Gasteiger partial charge is 0.496 e. The molecule has 2 aromatic carbocycles. The topological polar surface area (TPSA) is 59.0 Å². The molecule has 1 fully saturated rings. The Kier molecular flexibility index (Phi) is 5.78. The summed E-state index contributed by atoms with van der Waals surface area (Å²) in [5.74, 6) is 0.773. The summed E-state index contributed by atoms with van der Waals surface area (Å²) < 4.78 is 11.2. The van der Waals surface area contributed by atoms with Crippen molar-refractivity contribution in [1.29, 1.82) is 0 Å². The molecule has 5 heteroatoms. The molecule has 0 bridgehead atoms. The highest BCUT2D eigenvalue weighted by atomic mass is 16.5. The Hall–Kier alpha value is -2.53. The zero-order valence-corrected chi connectivity index (χ0v) is 15.2. The van der Waals surface area contributed by atoms with Gasteiger partial charge in [0.15, 0.2) is 0 Å². The second-order valence-corrected chi connectivity index (χ2v) is 6.38. The normalized spacial score (nSPS) is 18.5. The van der Waals surface area contributed by atoms with Crippen LogP contribution < -0.4 is 9.47 Å². The van der Waals surface area contributed by atoms with Gasteiger partial charge in [-0.3, -0.25) is 9.69 Å². The fourth-order valence-electron chi connectivity index (χ4n) is 3.75.